The van der Waals surface area contributed by atoms with Crippen molar-refractivity contribution in [1.29, 1.82) is 0 Å². The average molecular weight is 1330 g/mol. The van der Waals surface area contributed by atoms with Crippen LogP contribution in [0.25, 0.3) is 0 Å². The van der Waals surface area contributed by atoms with Gasteiger partial charge in [0.1, 0.15) is 66.8 Å². The molecule has 17 atom stereocenters. The normalized spacial score (nSPS) is 29.8. The Morgan fingerprint density at radius 2 is 0.859 bits per heavy atom. The van der Waals surface area contributed by atoms with Crippen LogP contribution in [0.3, 0.4) is 0 Å². The summed E-state index contributed by atoms with van der Waals surface area (Å²) in [5.74, 6) is -5.44. The Morgan fingerprint density at radius 1 is 0.478 bits per heavy atom. The van der Waals surface area contributed by atoms with Crippen LogP contribution in [0.5, 0.6) is 0 Å². The standard InChI is InChI=1S/C58H102N8O26/c1-31-39(28-67)89-55(44(47(31)75)62-32(2)70)86-25-22-83-19-16-59-42(73)14-12-37(53(81)60-17-20-84-23-26-87-56-45(63-33(3)71)50(78)48(76)40(29-68)90-56)65-43(74)15-13-38(66-52(80)35-8-10-36(11-9-35)92-58(5,6)7)54(82)61-18-21-85-24-27-88-57-46(64-34(4)72)51(79)49(77)41(30-69)91-57/h31,35-41,44-51,55-57,67-69,75-79H,8-30H2,1-7H3,(H,59,73)(H,60,81)(H,61,82)(H,62,70)(H,63,71)(H,64,72)(H,65,74)(H,66,80)/t31-,35?,36?,37?,38?,39+,40+,41+,44+,45?,46+,47-,48-,49-,50+,51+,55?,56?,57?/m0/s1. The molecular formula is C58H102N8O26. The van der Waals surface area contributed by atoms with Crippen LogP contribution in [-0.4, -0.2) is 297 Å². The van der Waals surface area contributed by atoms with Gasteiger partial charge in [-0.15, -0.1) is 0 Å². The third-order valence-electron chi connectivity index (χ3n) is 15.5. The molecule has 16 N–H and O–H groups in total. The van der Waals surface area contributed by atoms with Crippen LogP contribution in [0.1, 0.15) is 99.8 Å². The van der Waals surface area contributed by atoms with E-state index in [4.69, 9.17) is 47.4 Å². The van der Waals surface area contributed by atoms with Crippen molar-refractivity contribution in [2.45, 2.75) is 209 Å². The van der Waals surface area contributed by atoms with Crippen molar-refractivity contribution in [3.05, 3.63) is 0 Å². The Kier molecular flexibility index (Phi) is 35.5. The predicted molar refractivity (Wildman–Crippen MR) is 318 cm³/mol. The predicted octanol–water partition coefficient (Wildman–Crippen LogP) is -6.56. The minimum Gasteiger partial charge on any atom is -0.394 e. The molecule has 0 aromatic heterocycles. The smallest absolute Gasteiger partial charge is 0.242 e. The molecule has 0 aromatic carbocycles. The van der Waals surface area contributed by atoms with Gasteiger partial charge in [0, 0.05) is 65.1 Å². The second-order valence-corrected chi connectivity index (χ2v) is 24.0. The molecule has 8 amide bonds. The molecule has 4 aliphatic rings. The van der Waals surface area contributed by atoms with Gasteiger partial charge in [0.05, 0.1) is 103 Å². The zero-order chi connectivity index (χ0) is 68.1. The maximum absolute atomic E-state index is 13.8. The maximum atomic E-state index is 13.8. The molecule has 0 bridgehead atoms. The second kappa shape index (κ2) is 41.1. The zero-order valence-electron chi connectivity index (χ0n) is 53.7. The number of hydrogen-bond acceptors (Lipinski definition) is 26. The van der Waals surface area contributed by atoms with Crippen molar-refractivity contribution in [2.75, 3.05) is 98.9 Å². The highest BCUT2D eigenvalue weighted by molar-refractivity contribution is 5.90. The zero-order valence-corrected chi connectivity index (χ0v) is 53.7. The number of aliphatic hydroxyl groups is 8. The van der Waals surface area contributed by atoms with Gasteiger partial charge in [-0.1, -0.05) is 6.92 Å². The fourth-order valence-corrected chi connectivity index (χ4v) is 10.7. The van der Waals surface area contributed by atoms with E-state index >= 15 is 0 Å². The molecule has 4 rings (SSSR count). The first-order chi connectivity index (χ1) is 43.7. The van der Waals surface area contributed by atoms with Gasteiger partial charge in [-0.25, -0.2) is 0 Å². The molecular weight excluding hydrogens is 1220 g/mol. The quantitative estimate of drug-likeness (QED) is 0.0255. The molecule has 3 heterocycles. The van der Waals surface area contributed by atoms with Crippen molar-refractivity contribution in [3.8, 4) is 0 Å². The Bertz CT molecular complexity index is 2270. The van der Waals surface area contributed by atoms with Crippen LogP contribution < -0.4 is 42.5 Å². The average Bonchev–Trinajstić information content (AvgIpc) is 0.934. The summed E-state index contributed by atoms with van der Waals surface area (Å²) in [4.78, 5) is 104. The molecule has 0 spiro atoms. The first-order valence-corrected chi connectivity index (χ1v) is 31.4. The number of rotatable bonds is 39. The van der Waals surface area contributed by atoms with E-state index in [1.807, 2.05) is 20.8 Å². The summed E-state index contributed by atoms with van der Waals surface area (Å²) in [5.41, 5.74) is -0.391. The summed E-state index contributed by atoms with van der Waals surface area (Å²) < 4.78 is 56.9. The van der Waals surface area contributed by atoms with Crippen LogP contribution in [0.4, 0.5) is 0 Å². The summed E-state index contributed by atoms with van der Waals surface area (Å²) in [6.07, 6.45) is -12.9. The SMILES string of the molecule is CC(=O)NC1C(OCCOCCNC(=O)C(CCC(=O)NCCOCCOC2O[C@H](CO)[C@H](C)[C@H](O)[C@H]2NC(C)=O)NC(=O)CCC(NC(=O)C2CCC(OC(C)(C)C)CC2)C(=O)NCCOCCOC2O[C@H](CO)[C@H](O)[C@H](O)[C@H]2NC(C)=O)O[C@H](CO)[C@H](O)[C@@H]1O. The molecule has 1 saturated carbocycles. The third-order valence-corrected chi connectivity index (χ3v) is 15.5. The van der Waals surface area contributed by atoms with Crippen LogP contribution >= 0.6 is 0 Å². The van der Waals surface area contributed by atoms with E-state index in [0.29, 0.717) is 25.7 Å². The van der Waals surface area contributed by atoms with Crippen LogP contribution in [-0.2, 0) is 85.7 Å². The summed E-state index contributed by atoms with van der Waals surface area (Å²) in [6.45, 7) is 8.76. The van der Waals surface area contributed by atoms with Crippen LogP contribution in [0, 0.1) is 11.8 Å². The molecule has 0 aromatic rings. The molecule has 34 nitrogen and oxygen atoms in total. The van der Waals surface area contributed by atoms with Gasteiger partial charge < -0.3 is 131 Å². The highest BCUT2D eigenvalue weighted by Crippen LogP contribution is 2.30. The fourth-order valence-electron chi connectivity index (χ4n) is 10.7. The lowest BCUT2D eigenvalue weighted by Crippen LogP contribution is -2.64. The summed E-state index contributed by atoms with van der Waals surface area (Å²) in [6, 6.07) is -5.81. The van der Waals surface area contributed by atoms with E-state index in [-0.39, 0.29) is 117 Å². The first-order valence-electron chi connectivity index (χ1n) is 31.4. The number of hydrogen-bond donors (Lipinski definition) is 16. The lowest BCUT2D eigenvalue weighted by Gasteiger charge is -2.43. The molecule has 4 fully saturated rings. The lowest BCUT2D eigenvalue weighted by molar-refractivity contribution is -0.272. The van der Waals surface area contributed by atoms with Crippen molar-refractivity contribution in [2.24, 2.45) is 11.8 Å². The van der Waals surface area contributed by atoms with Gasteiger partial charge in [-0.3, -0.25) is 38.4 Å². The van der Waals surface area contributed by atoms with Crippen molar-refractivity contribution < 1.29 is 127 Å². The van der Waals surface area contributed by atoms with E-state index in [9.17, 15) is 79.2 Å². The Labute approximate surface area is 535 Å². The number of carbonyl (C=O) groups excluding carboxylic acids is 8. The Balaban J connectivity index is 1.35. The highest BCUT2D eigenvalue weighted by atomic mass is 16.7. The van der Waals surface area contributed by atoms with E-state index in [1.165, 1.54) is 20.8 Å². The molecule has 34 heteroatoms. The summed E-state index contributed by atoms with van der Waals surface area (Å²) in [7, 11) is 0. The Morgan fingerprint density at radius 3 is 1.26 bits per heavy atom. The van der Waals surface area contributed by atoms with E-state index < -0.39 is 176 Å². The van der Waals surface area contributed by atoms with Crippen molar-refractivity contribution >= 4 is 47.3 Å². The number of aliphatic hydroxyl groups excluding tert-OH is 8. The van der Waals surface area contributed by atoms with Gasteiger partial charge >= 0.3 is 0 Å². The van der Waals surface area contributed by atoms with Crippen LogP contribution in [0.2, 0.25) is 0 Å². The third kappa shape index (κ3) is 27.4. The molecule has 3 aliphatic heterocycles. The second-order valence-electron chi connectivity index (χ2n) is 24.0. The van der Waals surface area contributed by atoms with Gasteiger partial charge in [0.25, 0.3) is 0 Å². The topological polar surface area (TPSA) is 487 Å². The van der Waals surface area contributed by atoms with E-state index in [1.54, 1.807) is 6.92 Å². The minimum absolute atomic E-state index is 0.0122. The molecule has 92 heavy (non-hydrogen) atoms. The van der Waals surface area contributed by atoms with Crippen molar-refractivity contribution in [1.82, 2.24) is 42.5 Å². The molecule has 530 valence electrons. The molecule has 1 aliphatic carbocycles. The van der Waals surface area contributed by atoms with Gasteiger partial charge in [0.15, 0.2) is 18.9 Å². The fraction of sp³-hybridized carbons (Fsp3) is 0.862. The minimum atomic E-state index is -1.53. The molecule has 6 unspecified atom stereocenters. The monoisotopic (exact) mass is 1330 g/mol. The lowest BCUT2D eigenvalue weighted by atomic mass is 9.86. The Hall–Kier alpha value is -4.96. The summed E-state index contributed by atoms with van der Waals surface area (Å²) >= 11 is 0. The number of carbonyl (C=O) groups is 8. The number of amides is 8. The first kappa shape index (κ1) is 79.5. The van der Waals surface area contributed by atoms with Gasteiger partial charge in [-0.05, 0) is 59.3 Å². The largest absolute Gasteiger partial charge is 0.394 e. The van der Waals surface area contributed by atoms with E-state index in [2.05, 4.69) is 42.5 Å². The molecule has 0 radical (unpaired) electrons. The number of nitrogens with one attached hydrogen (secondary N) is 8. The molecule has 3 saturated heterocycles. The summed E-state index contributed by atoms with van der Waals surface area (Å²) in [5, 5.41) is 102. The van der Waals surface area contributed by atoms with Crippen molar-refractivity contribution in [3.63, 3.8) is 0 Å². The van der Waals surface area contributed by atoms with Gasteiger partial charge in [0.2, 0.25) is 47.3 Å². The van der Waals surface area contributed by atoms with E-state index in [0.717, 1.165) is 0 Å². The maximum Gasteiger partial charge on any atom is 0.242 e. The van der Waals surface area contributed by atoms with Crippen LogP contribution in [0.15, 0.2) is 0 Å². The van der Waals surface area contributed by atoms with Gasteiger partial charge in [-0.2, -0.15) is 0 Å². The number of ether oxygens (including phenoxy) is 10. The highest BCUT2D eigenvalue weighted by Gasteiger charge is 2.48.